The molecule has 0 atom stereocenters. The summed E-state index contributed by atoms with van der Waals surface area (Å²) in [7, 11) is 0. The lowest BCUT2D eigenvalue weighted by atomic mass is 9.86. The zero-order chi connectivity index (χ0) is 14.6. The van der Waals surface area contributed by atoms with Crippen LogP contribution in [0.15, 0.2) is 24.3 Å². The summed E-state index contributed by atoms with van der Waals surface area (Å²) in [5.74, 6) is 2.47. The quantitative estimate of drug-likeness (QED) is 0.901. The molecule has 0 saturated carbocycles. The Morgan fingerprint density at radius 3 is 2.45 bits per heavy atom. The van der Waals surface area contributed by atoms with Crippen LogP contribution in [0.4, 0.5) is 0 Å². The number of thioether (sulfide) groups is 1. The van der Waals surface area contributed by atoms with Gasteiger partial charge in [0.1, 0.15) is 11.9 Å². The van der Waals surface area contributed by atoms with Crippen LogP contribution in [-0.4, -0.2) is 28.7 Å². The van der Waals surface area contributed by atoms with E-state index in [4.69, 9.17) is 9.84 Å². The van der Waals surface area contributed by atoms with Crippen molar-refractivity contribution in [3.63, 3.8) is 0 Å². The van der Waals surface area contributed by atoms with Gasteiger partial charge in [0, 0.05) is 0 Å². The summed E-state index contributed by atoms with van der Waals surface area (Å²) < 4.78 is 5.96. The lowest BCUT2D eigenvalue weighted by Gasteiger charge is -2.23. The minimum absolute atomic E-state index is 0.331. The van der Waals surface area contributed by atoms with E-state index in [2.05, 4.69) is 0 Å². The molecule has 1 heterocycles. The highest BCUT2D eigenvalue weighted by atomic mass is 32.2. The maximum atomic E-state index is 11.1. The van der Waals surface area contributed by atoms with Gasteiger partial charge in [-0.05, 0) is 62.3 Å². The Labute approximate surface area is 124 Å². The molecular weight excluding hydrogens is 272 g/mol. The van der Waals surface area contributed by atoms with Crippen LogP contribution in [0.2, 0.25) is 0 Å². The van der Waals surface area contributed by atoms with Crippen LogP contribution in [0.1, 0.15) is 32.3 Å². The molecule has 20 heavy (non-hydrogen) atoms. The van der Waals surface area contributed by atoms with Gasteiger partial charge in [0.25, 0.3) is 0 Å². The SMILES string of the molecule is CC(C)(Cc1ccc(OC2CCSCC2)cc1)C(=O)O. The highest BCUT2D eigenvalue weighted by Crippen LogP contribution is 2.26. The average molecular weight is 294 g/mol. The Hall–Kier alpha value is -1.16. The molecule has 1 saturated heterocycles. The predicted octanol–water partition coefficient (Wildman–Crippen LogP) is 3.61. The van der Waals surface area contributed by atoms with E-state index in [1.807, 2.05) is 36.0 Å². The Kier molecular flexibility index (Phi) is 4.97. The molecule has 0 radical (unpaired) electrons. The molecule has 1 aromatic carbocycles. The van der Waals surface area contributed by atoms with Crippen molar-refractivity contribution < 1.29 is 14.6 Å². The largest absolute Gasteiger partial charge is 0.490 e. The molecule has 1 aromatic rings. The highest BCUT2D eigenvalue weighted by Gasteiger charge is 2.27. The van der Waals surface area contributed by atoms with Gasteiger partial charge in [-0.15, -0.1) is 0 Å². The lowest BCUT2D eigenvalue weighted by molar-refractivity contribution is -0.146. The molecular formula is C16H22O3S. The van der Waals surface area contributed by atoms with E-state index in [0.717, 1.165) is 24.2 Å². The van der Waals surface area contributed by atoms with Crippen LogP contribution in [0, 0.1) is 5.41 Å². The first-order valence-corrected chi connectivity index (χ1v) is 8.19. The monoisotopic (exact) mass is 294 g/mol. The summed E-state index contributed by atoms with van der Waals surface area (Å²) in [6, 6.07) is 7.85. The fourth-order valence-electron chi connectivity index (χ4n) is 2.26. The zero-order valence-electron chi connectivity index (χ0n) is 12.1. The number of hydrogen-bond donors (Lipinski definition) is 1. The fourth-order valence-corrected chi connectivity index (χ4v) is 3.32. The summed E-state index contributed by atoms with van der Waals surface area (Å²) in [5, 5.41) is 9.15. The van der Waals surface area contributed by atoms with Crippen LogP contribution < -0.4 is 4.74 Å². The van der Waals surface area contributed by atoms with Crippen LogP contribution in [0.3, 0.4) is 0 Å². The van der Waals surface area contributed by atoms with E-state index >= 15 is 0 Å². The van der Waals surface area contributed by atoms with Crippen molar-refractivity contribution in [1.29, 1.82) is 0 Å². The first-order chi connectivity index (χ1) is 9.47. The molecule has 1 aliphatic rings. The molecule has 4 heteroatoms. The van der Waals surface area contributed by atoms with Crippen molar-refractivity contribution in [2.24, 2.45) is 5.41 Å². The topological polar surface area (TPSA) is 46.5 Å². The van der Waals surface area contributed by atoms with Crippen molar-refractivity contribution >= 4 is 17.7 Å². The normalized spacial score (nSPS) is 16.9. The van der Waals surface area contributed by atoms with Gasteiger partial charge in [-0.3, -0.25) is 4.79 Å². The second kappa shape index (κ2) is 6.53. The van der Waals surface area contributed by atoms with E-state index in [-0.39, 0.29) is 0 Å². The summed E-state index contributed by atoms with van der Waals surface area (Å²) in [6.07, 6.45) is 3.08. The molecule has 1 N–H and O–H groups in total. The third kappa shape index (κ3) is 4.17. The van der Waals surface area contributed by atoms with Gasteiger partial charge in [-0.25, -0.2) is 0 Å². The first-order valence-electron chi connectivity index (χ1n) is 7.04. The van der Waals surface area contributed by atoms with Gasteiger partial charge in [0.15, 0.2) is 0 Å². The van der Waals surface area contributed by atoms with Crippen LogP contribution in [-0.2, 0) is 11.2 Å². The third-order valence-electron chi connectivity index (χ3n) is 3.62. The van der Waals surface area contributed by atoms with E-state index < -0.39 is 11.4 Å². The van der Waals surface area contributed by atoms with Gasteiger partial charge in [0.05, 0.1) is 5.41 Å². The van der Waals surface area contributed by atoms with Crippen molar-refractivity contribution in [3.05, 3.63) is 29.8 Å². The smallest absolute Gasteiger partial charge is 0.309 e. The highest BCUT2D eigenvalue weighted by molar-refractivity contribution is 7.99. The molecule has 3 nitrogen and oxygen atoms in total. The third-order valence-corrected chi connectivity index (χ3v) is 4.67. The van der Waals surface area contributed by atoms with Crippen LogP contribution in [0.25, 0.3) is 0 Å². The molecule has 2 rings (SSSR count). The lowest BCUT2D eigenvalue weighted by Crippen LogP contribution is -2.26. The Balaban J connectivity index is 1.94. The molecule has 0 aliphatic carbocycles. The number of carboxylic acid groups (broad SMARTS) is 1. The zero-order valence-corrected chi connectivity index (χ0v) is 12.9. The van der Waals surface area contributed by atoms with Crippen molar-refractivity contribution in [1.82, 2.24) is 0 Å². The van der Waals surface area contributed by atoms with Gasteiger partial charge in [-0.2, -0.15) is 11.8 Å². The van der Waals surface area contributed by atoms with Crippen molar-refractivity contribution in [2.75, 3.05) is 11.5 Å². The van der Waals surface area contributed by atoms with E-state index in [0.29, 0.717) is 12.5 Å². The minimum atomic E-state index is -0.766. The number of ether oxygens (including phenoxy) is 1. The second-order valence-electron chi connectivity index (χ2n) is 5.94. The predicted molar refractivity (Wildman–Crippen MR) is 82.5 cm³/mol. The van der Waals surface area contributed by atoms with Crippen molar-refractivity contribution in [2.45, 2.75) is 39.2 Å². The second-order valence-corrected chi connectivity index (χ2v) is 7.16. The minimum Gasteiger partial charge on any atom is -0.490 e. The molecule has 0 bridgehead atoms. The van der Waals surface area contributed by atoms with Gasteiger partial charge < -0.3 is 9.84 Å². The Morgan fingerprint density at radius 2 is 1.90 bits per heavy atom. The molecule has 1 aliphatic heterocycles. The van der Waals surface area contributed by atoms with E-state index in [9.17, 15) is 4.79 Å². The number of rotatable bonds is 5. The van der Waals surface area contributed by atoms with E-state index in [1.54, 1.807) is 13.8 Å². The summed E-state index contributed by atoms with van der Waals surface area (Å²) >= 11 is 1.99. The van der Waals surface area contributed by atoms with Gasteiger partial charge >= 0.3 is 5.97 Å². The number of aliphatic carboxylic acids is 1. The standard InChI is InChI=1S/C16H22O3S/c1-16(2,15(17)18)11-12-3-5-13(6-4-12)19-14-7-9-20-10-8-14/h3-6,14H,7-11H2,1-2H3,(H,17,18). The molecule has 0 amide bonds. The van der Waals surface area contributed by atoms with Crippen molar-refractivity contribution in [3.8, 4) is 5.75 Å². The Morgan fingerprint density at radius 1 is 1.30 bits per heavy atom. The number of carbonyl (C=O) groups is 1. The molecule has 0 spiro atoms. The summed E-state index contributed by atoms with van der Waals surface area (Å²) in [6.45, 7) is 3.50. The van der Waals surface area contributed by atoms with Crippen LogP contribution >= 0.6 is 11.8 Å². The maximum absolute atomic E-state index is 11.1. The number of benzene rings is 1. The number of carboxylic acids is 1. The summed E-state index contributed by atoms with van der Waals surface area (Å²) in [4.78, 5) is 11.1. The molecule has 110 valence electrons. The molecule has 0 unspecified atom stereocenters. The van der Waals surface area contributed by atoms with Gasteiger partial charge in [0.2, 0.25) is 0 Å². The summed E-state index contributed by atoms with van der Waals surface area (Å²) in [5.41, 5.74) is 0.298. The number of hydrogen-bond acceptors (Lipinski definition) is 3. The Bertz CT molecular complexity index is 447. The first kappa shape index (κ1) is 15.2. The van der Waals surface area contributed by atoms with Crippen LogP contribution in [0.5, 0.6) is 5.75 Å². The molecule has 1 fully saturated rings. The van der Waals surface area contributed by atoms with E-state index in [1.165, 1.54) is 11.5 Å². The fraction of sp³-hybridized carbons (Fsp3) is 0.562. The maximum Gasteiger partial charge on any atom is 0.309 e. The molecule has 0 aromatic heterocycles. The average Bonchev–Trinajstić information content (AvgIpc) is 2.42. The van der Waals surface area contributed by atoms with Gasteiger partial charge in [-0.1, -0.05) is 12.1 Å².